The zero-order valence-corrected chi connectivity index (χ0v) is 12.9. The number of nitro benzene ring substituents is 1. The summed E-state index contributed by atoms with van der Waals surface area (Å²) in [5.74, 6) is -0.781. The smallest absolute Gasteiger partial charge is 0.341 e. The highest BCUT2D eigenvalue weighted by atomic mass is 16.6. The zero-order chi connectivity index (χ0) is 17.9. The Labute approximate surface area is 136 Å². The van der Waals surface area contributed by atoms with E-state index in [4.69, 9.17) is 14.9 Å². The molecule has 2 rings (SSSR count). The molecule has 2 N–H and O–H groups in total. The number of benzene rings is 1. The van der Waals surface area contributed by atoms with E-state index in [2.05, 4.69) is 4.74 Å². The minimum Gasteiger partial charge on any atom is -0.465 e. The second-order valence-corrected chi connectivity index (χ2v) is 4.78. The van der Waals surface area contributed by atoms with Crippen molar-refractivity contribution in [2.45, 2.75) is 13.5 Å². The third kappa shape index (κ3) is 3.51. The predicted octanol–water partition coefficient (Wildman–Crippen LogP) is 2.22. The van der Waals surface area contributed by atoms with Crippen molar-refractivity contribution >= 4 is 23.3 Å². The Kier molecular flexibility index (Phi) is 4.83. The monoisotopic (exact) mass is 334 g/mol. The van der Waals surface area contributed by atoms with Crippen LogP contribution in [0.3, 0.4) is 0 Å². The van der Waals surface area contributed by atoms with E-state index >= 15 is 0 Å². The number of methoxy groups -OCH3 is 1. The summed E-state index contributed by atoms with van der Waals surface area (Å²) < 4.78 is 14.9. The Morgan fingerprint density at radius 2 is 2.00 bits per heavy atom. The van der Waals surface area contributed by atoms with Crippen LogP contribution in [0.15, 0.2) is 28.7 Å². The molecule has 0 unspecified atom stereocenters. The number of nitrogens with zero attached hydrogens (tertiary/aromatic N) is 1. The van der Waals surface area contributed by atoms with Crippen LogP contribution in [-0.4, -0.2) is 24.0 Å². The van der Waals surface area contributed by atoms with E-state index in [1.54, 1.807) is 6.92 Å². The summed E-state index contributed by atoms with van der Waals surface area (Å²) in [6, 6.07) is 5.00. The van der Waals surface area contributed by atoms with Crippen LogP contribution in [-0.2, 0) is 16.1 Å². The summed E-state index contributed by atoms with van der Waals surface area (Å²) >= 11 is 0. The van der Waals surface area contributed by atoms with E-state index in [-0.39, 0.29) is 34.9 Å². The number of hydrogen-bond donors (Lipinski definition) is 1. The van der Waals surface area contributed by atoms with Crippen molar-refractivity contribution in [1.82, 2.24) is 0 Å². The number of nitrogens with two attached hydrogens (primary N) is 1. The van der Waals surface area contributed by atoms with Crippen molar-refractivity contribution in [3.05, 3.63) is 57.0 Å². The highest BCUT2D eigenvalue weighted by molar-refractivity contribution is 5.91. The van der Waals surface area contributed by atoms with E-state index in [9.17, 15) is 19.7 Å². The molecule has 0 saturated carbocycles. The molecule has 0 amide bonds. The van der Waals surface area contributed by atoms with Gasteiger partial charge in [0.15, 0.2) is 0 Å². The van der Waals surface area contributed by atoms with E-state index in [0.29, 0.717) is 5.76 Å². The Hall–Kier alpha value is -3.36. The lowest BCUT2D eigenvalue weighted by Gasteiger charge is -2.04. The standard InChI is InChI=1S/C15H14N2O7/c1-8-11(15(19)22-2)6-10(24-8)7-23-14(18)9-3-4-12(16)13(5-9)17(20)21/h3-6H,7,16H2,1-2H3. The van der Waals surface area contributed by atoms with Gasteiger partial charge in [0.1, 0.15) is 29.4 Å². The van der Waals surface area contributed by atoms with Gasteiger partial charge in [-0.1, -0.05) is 0 Å². The number of anilines is 1. The quantitative estimate of drug-likeness (QED) is 0.380. The minimum atomic E-state index is -0.785. The molecule has 9 nitrogen and oxygen atoms in total. The van der Waals surface area contributed by atoms with Crippen molar-refractivity contribution < 1.29 is 28.4 Å². The van der Waals surface area contributed by atoms with Gasteiger partial charge in [0, 0.05) is 6.07 Å². The number of nitro groups is 1. The highest BCUT2D eigenvalue weighted by Crippen LogP contribution is 2.23. The number of aryl methyl sites for hydroxylation is 1. The summed E-state index contributed by atoms with van der Waals surface area (Å²) in [6.45, 7) is 1.33. The summed E-state index contributed by atoms with van der Waals surface area (Å²) in [6.07, 6.45) is 0. The maximum Gasteiger partial charge on any atom is 0.341 e. The number of esters is 2. The first kappa shape index (κ1) is 17.0. The number of ether oxygens (including phenoxy) is 2. The van der Waals surface area contributed by atoms with Crippen molar-refractivity contribution in [2.75, 3.05) is 12.8 Å². The number of carbonyl (C=O) groups excluding carboxylic acids is 2. The molecule has 0 radical (unpaired) electrons. The molecule has 24 heavy (non-hydrogen) atoms. The predicted molar refractivity (Wildman–Crippen MR) is 81.4 cm³/mol. The molecule has 0 aliphatic carbocycles. The number of carbonyl (C=O) groups is 2. The first-order chi connectivity index (χ1) is 11.3. The molecule has 0 aliphatic rings. The number of rotatable bonds is 5. The normalized spacial score (nSPS) is 10.2. The Balaban J connectivity index is 2.10. The fourth-order valence-corrected chi connectivity index (χ4v) is 1.98. The summed E-state index contributed by atoms with van der Waals surface area (Å²) in [4.78, 5) is 33.6. The number of nitrogen functional groups attached to an aromatic ring is 1. The fraction of sp³-hybridized carbons (Fsp3) is 0.200. The molecule has 1 aromatic carbocycles. The van der Waals surface area contributed by atoms with Gasteiger partial charge in [-0.3, -0.25) is 10.1 Å². The maximum absolute atomic E-state index is 12.0. The SMILES string of the molecule is COC(=O)c1cc(COC(=O)c2ccc(N)c([N+](=O)[O-])c2)oc1C. The highest BCUT2D eigenvalue weighted by Gasteiger charge is 2.19. The molecule has 0 bridgehead atoms. The lowest BCUT2D eigenvalue weighted by Crippen LogP contribution is -2.06. The molecular formula is C15H14N2O7. The Morgan fingerprint density at radius 1 is 1.29 bits per heavy atom. The van der Waals surface area contributed by atoms with Gasteiger partial charge >= 0.3 is 11.9 Å². The average Bonchev–Trinajstić information content (AvgIpc) is 2.93. The van der Waals surface area contributed by atoms with E-state index in [0.717, 1.165) is 6.07 Å². The van der Waals surface area contributed by atoms with Crippen LogP contribution in [0.25, 0.3) is 0 Å². The van der Waals surface area contributed by atoms with Crippen LogP contribution in [0.5, 0.6) is 0 Å². The second-order valence-electron chi connectivity index (χ2n) is 4.78. The number of hydrogen-bond acceptors (Lipinski definition) is 8. The van der Waals surface area contributed by atoms with Crippen LogP contribution in [0.2, 0.25) is 0 Å². The first-order valence-corrected chi connectivity index (χ1v) is 6.72. The Bertz CT molecular complexity index is 810. The van der Waals surface area contributed by atoms with Gasteiger partial charge < -0.3 is 19.6 Å². The third-order valence-corrected chi connectivity index (χ3v) is 3.18. The van der Waals surface area contributed by atoms with Gasteiger partial charge in [-0.25, -0.2) is 9.59 Å². The molecule has 9 heteroatoms. The van der Waals surface area contributed by atoms with E-state index < -0.39 is 16.9 Å². The molecule has 0 spiro atoms. The molecule has 1 heterocycles. The van der Waals surface area contributed by atoms with E-state index in [1.807, 2.05) is 0 Å². The molecule has 126 valence electrons. The zero-order valence-electron chi connectivity index (χ0n) is 12.9. The van der Waals surface area contributed by atoms with Crippen LogP contribution in [0.1, 0.15) is 32.2 Å². The molecule has 0 saturated heterocycles. The van der Waals surface area contributed by atoms with E-state index in [1.165, 1.54) is 25.3 Å². The van der Waals surface area contributed by atoms with Gasteiger partial charge in [0.25, 0.3) is 5.69 Å². The van der Waals surface area contributed by atoms with Gasteiger partial charge in [-0.15, -0.1) is 0 Å². The van der Waals surface area contributed by atoms with Gasteiger partial charge in [0.2, 0.25) is 0 Å². The first-order valence-electron chi connectivity index (χ1n) is 6.72. The largest absolute Gasteiger partial charge is 0.465 e. The summed E-state index contributed by atoms with van der Waals surface area (Å²) in [5.41, 5.74) is 5.23. The molecule has 0 fully saturated rings. The van der Waals surface area contributed by atoms with Crippen LogP contribution in [0.4, 0.5) is 11.4 Å². The lowest BCUT2D eigenvalue weighted by molar-refractivity contribution is -0.383. The van der Waals surface area contributed by atoms with Crippen molar-refractivity contribution in [3.8, 4) is 0 Å². The minimum absolute atomic E-state index is 0.0210. The molecule has 0 aliphatic heterocycles. The lowest BCUT2D eigenvalue weighted by atomic mass is 10.2. The Morgan fingerprint density at radius 3 is 2.62 bits per heavy atom. The van der Waals surface area contributed by atoms with Crippen molar-refractivity contribution in [2.24, 2.45) is 0 Å². The van der Waals surface area contributed by atoms with Crippen molar-refractivity contribution in [3.63, 3.8) is 0 Å². The molecule has 0 atom stereocenters. The summed E-state index contributed by atoms with van der Waals surface area (Å²) in [5, 5.41) is 10.8. The number of furan rings is 1. The van der Waals surface area contributed by atoms with Crippen LogP contribution < -0.4 is 5.73 Å². The fourth-order valence-electron chi connectivity index (χ4n) is 1.98. The van der Waals surface area contributed by atoms with Gasteiger partial charge in [-0.05, 0) is 25.1 Å². The summed E-state index contributed by atoms with van der Waals surface area (Å²) in [7, 11) is 1.24. The maximum atomic E-state index is 12.0. The topological polar surface area (TPSA) is 135 Å². The van der Waals surface area contributed by atoms with Crippen molar-refractivity contribution in [1.29, 1.82) is 0 Å². The average molecular weight is 334 g/mol. The van der Waals surface area contributed by atoms with Gasteiger partial charge in [0.05, 0.1) is 17.6 Å². The second kappa shape index (κ2) is 6.82. The van der Waals surface area contributed by atoms with Crippen LogP contribution in [0, 0.1) is 17.0 Å². The molecule has 1 aromatic heterocycles. The molecular weight excluding hydrogens is 320 g/mol. The van der Waals surface area contributed by atoms with Gasteiger partial charge in [-0.2, -0.15) is 0 Å². The van der Waals surface area contributed by atoms with Crippen LogP contribution >= 0.6 is 0 Å². The third-order valence-electron chi connectivity index (χ3n) is 3.18. The molecule has 2 aromatic rings.